The Morgan fingerprint density at radius 3 is 2.75 bits per heavy atom. The molecule has 1 amide bonds. The molecule has 2 rings (SSSR count). The second kappa shape index (κ2) is 7.71. The van der Waals surface area contributed by atoms with Gasteiger partial charge in [-0.3, -0.25) is 9.10 Å². The molecular weight excluding hydrogens is 336 g/mol. The minimum absolute atomic E-state index is 0.0916. The van der Waals surface area contributed by atoms with Crippen molar-refractivity contribution in [1.29, 1.82) is 0 Å². The number of carbonyl (C=O) groups is 1. The Morgan fingerprint density at radius 2 is 2.08 bits per heavy atom. The largest absolute Gasteiger partial charge is 0.454 e. The summed E-state index contributed by atoms with van der Waals surface area (Å²) in [6, 6.07) is 4.56. The van der Waals surface area contributed by atoms with E-state index in [0.29, 0.717) is 23.8 Å². The Hall–Kier alpha value is -2.00. The molecular formula is C15H22N2O6S. The van der Waals surface area contributed by atoms with Crippen molar-refractivity contribution >= 4 is 21.6 Å². The quantitative estimate of drug-likeness (QED) is 0.736. The Morgan fingerprint density at radius 1 is 1.38 bits per heavy atom. The molecule has 1 aliphatic rings. The maximum atomic E-state index is 12.4. The molecule has 1 atom stereocenters. The lowest BCUT2D eigenvalue weighted by Gasteiger charge is -2.24. The van der Waals surface area contributed by atoms with Crippen LogP contribution in [0.2, 0.25) is 0 Å². The molecule has 24 heavy (non-hydrogen) atoms. The van der Waals surface area contributed by atoms with E-state index in [2.05, 4.69) is 5.32 Å². The number of hydrogen-bond donors (Lipinski definition) is 1. The van der Waals surface area contributed by atoms with Gasteiger partial charge in [0.2, 0.25) is 22.7 Å². The van der Waals surface area contributed by atoms with Crippen molar-refractivity contribution in [3.63, 3.8) is 0 Å². The van der Waals surface area contributed by atoms with Crippen LogP contribution >= 0.6 is 0 Å². The molecule has 1 heterocycles. The van der Waals surface area contributed by atoms with Crippen molar-refractivity contribution in [2.75, 3.05) is 37.1 Å². The number of amides is 1. The normalized spacial score (nSPS) is 14.3. The van der Waals surface area contributed by atoms with Crippen LogP contribution in [0.15, 0.2) is 18.2 Å². The van der Waals surface area contributed by atoms with E-state index in [1.54, 1.807) is 25.1 Å². The lowest BCUT2D eigenvalue weighted by atomic mass is 10.2. The summed E-state index contributed by atoms with van der Waals surface area (Å²) >= 11 is 0. The van der Waals surface area contributed by atoms with Crippen molar-refractivity contribution in [2.45, 2.75) is 19.9 Å². The van der Waals surface area contributed by atoms with Gasteiger partial charge in [-0.1, -0.05) is 0 Å². The SMILES string of the molecule is CCS(=O)(=O)N(CC(=O)N[C@@H](C)COC)c1ccc2c(c1)OCO2. The molecule has 0 aliphatic carbocycles. The van der Waals surface area contributed by atoms with Crippen LogP contribution in [-0.4, -0.2) is 53.2 Å². The van der Waals surface area contributed by atoms with Crippen LogP contribution in [0, 0.1) is 0 Å². The molecule has 1 N–H and O–H groups in total. The predicted molar refractivity (Wildman–Crippen MR) is 88.9 cm³/mol. The molecule has 1 aliphatic heterocycles. The van der Waals surface area contributed by atoms with E-state index < -0.39 is 15.9 Å². The number of nitrogens with one attached hydrogen (secondary N) is 1. The first-order valence-corrected chi connectivity index (χ1v) is 9.16. The zero-order chi connectivity index (χ0) is 17.7. The first-order valence-electron chi connectivity index (χ1n) is 7.55. The van der Waals surface area contributed by atoms with E-state index >= 15 is 0 Å². The Labute approximate surface area is 141 Å². The lowest BCUT2D eigenvalue weighted by Crippen LogP contribution is -2.45. The van der Waals surface area contributed by atoms with Crippen LogP contribution < -0.4 is 19.1 Å². The van der Waals surface area contributed by atoms with Gasteiger partial charge in [-0.15, -0.1) is 0 Å². The monoisotopic (exact) mass is 358 g/mol. The van der Waals surface area contributed by atoms with Gasteiger partial charge in [0.05, 0.1) is 18.0 Å². The first kappa shape index (κ1) is 18.3. The molecule has 0 radical (unpaired) electrons. The molecule has 1 aromatic carbocycles. The standard InChI is InChI=1S/C15H22N2O6S/c1-4-24(19,20)17(8-15(18)16-11(2)9-21-3)12-5-6-13-14(7-12)23-10-22-13/h5-7,11H,4,8-10H2,1-3H3,(H,16,18)/t11-/m0/s1. The molecule has 0 unspecified atom stereocenters. The van der Waals surface area contributed by atoms with Crippen molar-refractivity contribution in [2.24, 2.45) is 0 Å². The van der Waals surface area contributed by atoms with Gasteiger partial charge in [0.1, 0.15) is 6.54 Å². The summed E-state index contributed by atoms with van der Waals surface area (Å²) in [5.41, 5.74) is 0.357. The number of hydrogen-bond acceptors (Lipinski definition) is 6. The van der Waals surface area contributed by atoms with E-state index in [1.807, 2.05) is 0 Å². The number of sulfonamides is 1. The fourth-order valence-electron chi connectivity index (χ4n) is 2.29. The van der Waals surface area contributed by atoms with E-state index in [9.17, 15) is 13.2 Å². The van der Waals surface area contributed by atoms with Crippen molar-refractivity contribution in [3.8, 4) is 11.5 Å². The second-order valence-electron chi connectivity index (χ2n) is 5.37. The fraction of sp³-hybridized carbons (Fsp3) is 0.533. The zero-order valence-corrected chi connectivity index (χ0v) is 14.8. The van der Waals surface area contributed by atoms with Crippen LogP contribution in [0.4, 0.5) is 5.69 Å². The van der Waals surface area contributed by atoms with Crippen LogP contribution in [0.3, 0.4) is 0 Å². The molecule has 0 bridgehead atoms. The predicted octanol–water partition coefficient (Wildman–Crippen LogP) is 0.722. The maximum absolute atomic E-state index is 12.4. The summed E-state index contributed by atoms with van der Waals surface area (Å²) in [6.07, 6.45) is 0. The highest BCUT2D eigenvalue weighted by molar-refractivity contribution is 7.92. The van der Waals surface area contributed by atoms with Gasteiger partial charge in [0, 0.05) is 19.2 Å². The van der Waals surface area contributed by atoms with Crippen LogP contribution in [0.1, 0.15) is 13.8 Å². The number of nitrogens with zero attached hydrogens (tertiary/aromatic N) is 1. The summed E-state index contributed by atoms with van der Waals surface area (Å²) in [6.45, 7) is 3.43. The average molecular weight is 358 g/mol. The first-order chi connectivity index (χ1) is 11.4. The minimum Gasteiger partial charge on any atom is -0.454 e. The van der Waals surface area contributed by atoms with Crippen LogP contribution in [-0.2, 0) is 19.6 Å². The Balaban J connectivity index is 2.21. The molecule has 0 fully saturated rings. The third-order valence-electron chi connectivity index (χ3n) is 3.46. The van der Waals surface area contributed by atoms with Gasteiger partial charge in [-0.25, -0.2) is 8.42 Å². The molecule has 9 heteroatoms. The van der Waals surface area contributed by atoms with E-state index in [-0.39, 0.29) is 25.1 Å². The molecule has 0 aromatic heterocycles. The number of carbonyl (C=O) groups excluding carboxylic acids is 1. The number of ether oxygens (including phenoxy) is 3. The number of benzene rings is 1. The summed E-state index contributed by atoms with van der Waals surface area (Å²) in [4.78, 5) is 12.2. The van der Waals surface area contributed by atoms with E-state index in [0.717, 1.165) is 4.31 Å². The summed E-state index contributed by atoms with van der Waals surface area (Å²) < 4.78 is 41.3. The fourth-order valence-corrected chi connectivity index (χ4v) is 3.35. The molecule has 0 spiro atoms. The molecule has 8 nitrogen and oxygen atoms in total. The summed E-state index contributed by atoms with van der Waals surface area (Å²) in [5.74, 6) is 0.472. The van der Waals surface area contributed by atoms with Crippen LogP contribution in [0.25, 0.3) is 0 Å². The Kier molecular flexibility index (Phi) is 5.89. The molecule has 1 aromatic rings. The minimum atomic E-state index is -3.63. The molecule has 0 saturated heterocycles. The molecule has 134 valence electrons. The van der Waals surface area contributed by atoms with Gasteiger partial charge >= 0.3 is 0 Å². The zero-order valence-electron chi connectivity index (χ0n) is 13.9. The van der Waals surface area contributed by atoms with Gasteiger partial charge in [-0.05, 0) is 26.0 Å². The average Bonchev–Trinajstić information content (AvgIpc) is 3.00. The Bertz CT molecular complexity index is 691. The number of anilines is 1. The maximum Gasteiger partial charge on any atom is 0.241 e. The number of rotatable bonds is 8. The van der Waals surface area contributed by atoms with Gasteiger partial charge in [0.15, 0.2) is 11.5 Å². The highest BCUT2D eigenvalue weighted by Gasteiger charge is 2.26. The smallest absolute Gasteiger partial charge is 0.241 e. The second-order valence-corrected chi connectivity index (χ2v) is 7.55. The molecule has 0 saturated carbocycles. The summed E-state index contributed by atoms with van der Waals surface area (Å²) in [7, 11) is -2.10. The van der Waals surface area contributed by atoms with Crippen LogP contribution in [0.5, 0.6) is 11.5 Å². The van der Waals surface area contributed by atoms with Gasteiger partial charge in [-0.2, -0.15) is 0 Å². The summed E-state index contributed by atoms with van der Waals surface area (Å²) in [5, 5.41) is 2.70. The third-order valence-corrected chi connectivity index (χ3v) is 5.20. The number of methoxy groups -OCH3 is 1. The highest BCUT2D eigenvalue weighted by Crippen LogP contribution is 2.36. The van der Waals surface area contributed by atoms with Crippen molar-refractivity contribution in [1.82, 2.24) is 5.32 Å². The van der Waals surface area contributed by atoms with Crippen molar-refractivity contribution < 1.29 is 27.4 Å². The van der Waals surface area contributed by atoms with Gasteiger partial charge in [0.25, 0.3) is 0 Å². The third kappa shape index (κ3) is 4.30. The topological polar surface area (TPSA) is 94.2 Å². The number of fused-ring (bicyclic) bond motifs is 1. The van der Waals surface area contributed by atoms with E-state index in [1.165, 1.54) is 14.0 Å². The van der Waals surface area contributed by atoms with Crippen molar-refractivity contribution in [3.05, 3.63) is 18.2 Å². The van der Waals surface area contributed by atoms with Gasteiger partial charge < -0.3 is 19.5 Å². The van der Waals surface area contributed by atoms with E-state index in [4.69, 9.17) is 14.2 Å². The highest BCUT2D eigenvalue weighted by atomic mass is 32.2. The lowest BCUT2D eigenvalue weighted by molar-refractivity contribution is -0.120.